The van der Waals surface area contributed by atoms with Crippen molar-refractivity contribution in [3.63, 3.8) is 0 Å². The molecule has 0 aromatic rings. The molecule has 0 N–H and O–H groups in total. The lowest BCUT2D eigenvalue weighted by Gasteiger charge is -2.28. The van der Waals surface area contributed by atoms with Crippen LogP contribution in [0.4, 0.5) is 0 Å². The van der Waals surface area contributed by atoms with Crippen LogP contribution in [0.3, 0.4) is 0 Å². The molecule has 86 heavy (non-hydrogen) atoms. The average molecular weight is 1210 g/mol. The molecule has 2 atom stereocenters. The molecule has 0 rings (SSSR count). The van der Waals surface area contributed by atoms with E-state index in [1.165, 1.54) is 44.9 Å². The Hall–Kier alpha value is -4.89. The summed E-state index contributed by atoms with van der Waals surface area (Å²) in [5, 5.41) is 0. The van der Waals surface area contributed by atoms with Crippen molar-refractivity contribution in [2.75, 3.05) is 47.5 Å². The molecule has 0 saturated carbocycles. The Kier molecular flexibility index (Phi) is 60.9. The third-order valence-corrected chi connectivity index (χ3v) is 14.4. The Morgan fingerprint density at radius 3 is 0.930 bits per heavy atom. The number of carbonyl (C=O) groups is 2. The van der Waals surface area contributed by atoms with Crippen molar-refractivity contribution in [1.29, 1.82) is 0 Å². The lowest BCUT2D eigenvalue weighted by molar-refractivity contribution is -0.870. The minimum atomic E-state index is -4.66. The topological polar surface area (TPSA) is 111 Å². The molecule has 10 heteroatoms. The number of carbonyl (C=O) groups excluding carboxylic acids is 2. The van der Waals surface area contributed by atoms with E-state index in [1.807, 2.05) is 21.1 Å². The molecule has 0 heterocycles. The maximum atomic E-state index is 12.8. The first-order valence-electron chi connectivity index (χ1n) is 33.5. The second-order valence-electron chi connectivity index (χ2n) is 22.7. The minimum absolute atomic E-state index is 0.0470. The number of nitrogens with zero attached hydrogens (tertiary/aromatic N) is 1. The van der Waals surface area contributed by atoms with E-state index in [4.69, 9.17) is 18.5 Å². The van der Waals surface area contributed by atoms with Gasteiger partial charge in [-0.3, -0.25) is 14.2 Å². The van der Waals surface area contributed by atoms with Gasteiger partial charge in [-0.05, 0) is 135 Å². The summed E-state index contributed by atoms with van der Waals surface area (Å²) >= 11 is 0. The van der Waals surface area contributed by atoms with Gasteiger partial charge in [-0.15, -0.1) is 0 Å². The van der Waals surface area contributed by atoms with Crippen LogP contribution in [0.25, 0.3) is 0 Å². The van der Waals surface area contributed by atoms with Crippen molar-refractivity contribution in [1.82, 2.24) is 0 Å². The number of unbranched alkanes of at least 4 members (excludes halogenated alkanes) is 15. The van der Waals surface area contributed by atoms with Crippen LogP contribution in [-0.2, 0) is 32.7 Å². The molecular weight excluding hydrogens is 1090 g/mol. The first-order valence-corrected chi connectivity index (χ1v) is 35.0. The molecular formula is C76H122NO8P. The Balaban J connectivity index is 4.22. The Bertz CT molecular complexity index is 2100. The summed E-state index contributed by atoms with van der Waals surface area (Å²) in [6.45, 7) is 3.96. The van der Waals surface area contributed by atoms with Gasteiger partial charge in [0.1, 0.15) is 19.8 Å². The number of rotatable bonds is 59. The number of esters is 2. The first-order chi connectivity index (χ1) is 42.0. The van der Waals surface area contributed by atoms with Gasteiger partial charge in [0.15, 0.2) is 6.10 Å². The van der Waals surface area contributed by atoms with E-state index in [1.54, 1.807) is 0 Å². The first kappa shape index (κ1) is 81.1. The van der Waals surface area contributed by atoms with Gasteiger partial charge in [-0.1, -0.05) is 267 Å². The SMILES string of the molecule is CC/C=C\C/C=C\C/C=C\C/C=C\C/C=C\C/C=C\C/C=C\C/C=C\C/C=C\C/C=C\CCCCCCC(=O)OC(COC(=O)CCCCCCCCCCCCC/C=C\C/C=C\C/C=C\C/C=C\C/C=C\CC)COP(=O)([O-])OCC[N+](C)(C)C. The highest BCUT2D eigenvalue weighted by Crippen LogP contribution is 2.38. The number of ether oxygens (including phenoxy) is 2. The predicted molar refractivity (Wildman–Crippen MR) is 369 cm³/mol. The second kappa shape index (κ2) is 64.6. The minimum Gasteiger partial charge on any atom is -0.756 e. The predicted octanol–water partition coefficient (Wildman–Crippen LogP) is 21.3. The zero-order valence-electron chi connectivity index (χ0n) is 54.9. The van der Waals surface area contributed by atoms with Gasteiger partial charge < -0.3 is 27.9 Å². The highest BCUT2D eigenvalue weighted by atomic mass is 31.2. The van der Waals surface area contributed by atoms with Gasteiger partial charge >= 0.3 is 11.9 Å². The van der Waals surface area contributed by atoms with E-state index < -0.39 is 32.5 Å². The zero-order valence-corrected chi connectivity index (χ0v) is 55.8. The lowest BCUT2D eigenvalue weighted by Crippen LogP contribution is -2.37. The van der Waals surface area contributed by atoms with E-state index in [0.29, 0.717) is 23.9 Å². The fourth-order valence-corrected chi connectivity index (χ4v) is 9.09. The Morgan fingerprint density at radius 2 is 0.628 bits per heavy atom. The molecule has 484 valence electrons. The highest BCUT2D eigenvalue weighted by molar-refractivity contribution is 7.45. The van der Waals surface area contributed by atoms with Crippen LogP contribution < -0.4 is 4.89 Å². The number of hydrogen-bond donors (Lipinski definition) is 0. The number of phosphoric acid groups is 1. The fraction of sp³-hybridized carbons (Fsp3) is 0.579. The lowest BCUT2D eigenvalue weighted by atomic mass is 10.0. The van der Waals surface area contributed by atoms with Crippen molar-refractivity contribution in [3.05, 3.63) is 182 Å². The number of hydrogen-bond acceptors (Lipinski definition) is 8. The van der Waals surface area contributed by atoms with Gasteiger partial charge in [0.2, 0.25) is 0 Å². The van der Waals surface area contributed by atoms with Gasteiger partial charge in [-0.25, -0.2) is 0 Å². The van der Waals surface area contributed by atoms with Crippen LogP contribution >= 0.6 is 7.82 Å². The molecule has 0 fully saturated rings. The third-order valence-electron chi connectivity index (χ3n) is 13.4. The Morgan fingerprint density at radius 1 is 0.360 bits per heavy atom. The maximum absolute atomic E-state index is 12.8. The number of likely N-dealkylation sites (N-methyl/N-ethyl adjacent to an activating group) is 1. The molecule has 9 nitrogen and oxygen atoms in total. The molecule has 0 aliphatic rings. The normalized spacial score (nSPS) is 14.3. The van der Waals surface area contributed by atoms with E-state index in [0.717, 1.165) is 148 Å². The number of quaternary nitrogens is 1. The molecule has 0 radical (unpaired) electrons. The molecule has 0 bridgehead atoms. The Labute approximate surface area is 527 Å². The van der Waals surface area contributed by atoms with E-state index in [2.05, 4.69) is 196 Å². The molecule has 0 amide bonds. The average Bonchev–Trinajstić information content (AvgIpc) is 3.56. The van der Waals surface area contributed by atoms with Crippen LogP contribution in [-0.4, -0.2) is 70.0 Å². The molecule has 0 spiro atoms. The van der Waals surface area contributed by atoms with Gasteiger partial charge in [0.05, 0.1) is 27.7 Å². The van der Waals surface area contributed by atoms with Gasteiger partial charge in [-0.2, -0.15) is 0 Å². The summed E-state index contributed by atoms with van der Waals surface area (Å²) in [5.41, 5.74) is 0. The molecule has 0 aromatic carbocycles. The number of phosphoric ester groups is 1. The quantitative estimate of drug-likeness (QED) is 0.0195. The molecule has 0 saturated heterocycles. The molecule has 0 aliphatic heterocycles. The summed E-state index contributed by atoms with van der Waals surface area (Å²) in [4.78, 5) is 38.0. The fourth-order valence-electron chi connectivity index (χ4n) is 8.36. The smallest absolute Gasteiger partial charge is 0.306 e. The molecule has 0 aliphatic carbocycles. The summed E-state index contributed by atoms with van der Waals surface area (Å²) in [6.07, 6.45) is 99.5. The van der Waals surface area contributed by atoms with E-state index >= 15 is 0 Å². The largest absolute Gasteiger partial charge is 0.756 e. The summed E-state index contributed by atoms with van der Waals surface area (Å²) < 4.78 is 34.2. The van der Waals surface area contributed by atoms with Crippen molar-refractivity contribution >= 4 is 19.8 Å². The maximum Gasteiger partial charge on any atom is 0.306 e. The molecule has 2 unspecified atom stereocenters. The van der Waals surface area contributed by atoms with Crippen molar-refractivity contribution in [2.45, 2.75) is 238 Å². The summed E-state index contributed by atoms with van der Waals surface area (Å²) in [7, 11) is 1.12. The van der Waals surface area contributed by atoms with Crippen LogP contribution in [0.1, 0.15) is 232 Å². The third kappa shape index (κ3) is 68.2. The van der Waals surface area contributed by atoms with Crippen molar-refractivity contribution in [3.8, 4) is 0 Å². The van der Waals surface area contributed by atoms with Crippen LogP contribution in [0.15, 0.2) is 182 Å². The second-order valence-corrected chi connectivity index (χ2v) is 24.1. The monoisotopic (exact) mass is 1210 g/mol. The summed E-state index contributed by atoms with van der Waals surface area (Å²) in [6, 6.07) is 0. The molecule has 0 aromatic heterocycles. The van der Waals surface area contributed by atoms with Crippen molar-refractivity contribution < 1.29 is 42.1 Å². The standard InChI is InChI=1S/C76H122NO8P/c1-6-8-10-12-14-16-18-20-22-24-26-28-30-32-34-35-36-37-38-39-40-41-43-45-47-49-51-53-55-57-59-61-63-65-67-69-76(79)85-74(73-84-86(80,81)83-71-70-77(3,4)5)72-82-75(78)68-66-64-62-60-58-56-54-52-50-48-46-44-42-33-31-29-27-25-23-21-19-17-15-13-11-9-7-2/h8-11,14-17,20-23,26-29,32-34,36-37,39-40,42-43,45,49,51,55,57,74H,6-7,12-13,18-19,24-25,30-31,35,38,41,44,46-48,50,52-54,56,58-73H2,1-5H3/b10-8-,11-9-,16-14-,17-15-,22-20-,23-21-,28-26-,29-27-,34-32-,37-36-,40-39-,42-33-,45-43-,51-49-,57-55-. The van der Waals surface area contributed by atoms with Crippen LogP contribution in [0, 0.1) is 0 Å². The van der Waals surface area contributed by atoms with Crippen LogP contribution in [0.2, 0.25) is 0 Å². The number of allylic oxidation sites excluding steroid dienone is 30. The highest BCUT2D eigenvalue weighted by Gasteiger charge is 2.22. The van der Waals surface area contributed by atoms with E-state index in [9.17, 15) is 19.0 Å². The summed E-state index contributed by atoms with van der Waals surface area (Å²) in [5.74, 6) is -0.879. The van der Waals surface area contributed by atoms with Gasteiger partial charge in [0, 0.05) is 12.8 Å². The van der Waals surface area contributed by atoms with Gasteiger partial charge in [0.25, 0.3) is 7.82 Å². The zero-order chi connectivity index (χ0) is 62.6. The van der Waals surface area contributed by atoms with Crippen LogP contribution in [0.5, 0.6) is 0 Å². The van der Waals surface area contributed by atoms with Crippen molar-refractivity contribution in [2.24, 2.45) is 0 Å². The van der Waals surface area contributed by atoms with E-state index in [-0.39, 0.29) is 26.1 Å².